The molecule has 8 nitrogen and oxygen atoms in total. The number of hydrogen-bond acceptors (Lipinski definition) is 5. The van der Waals surface area contributed by atoms with E-state index in [0.29, 0.717) is 18.7 Å². The Balaban J connectivity index is 1.43. The molecule has 8 heteroatoms. The van der Waals surface area contributed by atoms with Gasteiger partial charge in [-0.05, 0) is 63.4 Å². The number of nitrogens with one attached hydrogen (secondary N) is 1. The Labute approximate surface area is 181 Å². The van der Waals surface area contributed by atoms with Crippen molar-refractivity contribution in [1.29, 1.82) is 0 Å². The number of ether oxygens (including phenoxy) is 1. The van der Waals surface area contributed by atoms with Gasteiger partial charge in [0, 0.05) is 24.8 Å². The van der Waals surface area contributed by atoms with E-state index in [-0.39, 0.29) is 11.9 Å². The summed E-state index contributed by atoms with van der Waals surface area (Å²) in [6, 6.07) is 13.0. The van der Waals surface area contributed by atoms with E-state index in [2.05, 4.69) is 15.5 Å². The summed E-state index contributed by atoms with van der Waals surface area (Å²) in [5.74, 6) is 0.765. The van der Waals surface area contributed by atoms with E-state index in [0.717, 1.165) is 29.9 Å². The third kappa shape index (κ3) is 4.68. The van der Waals surface area contributed by atoms with Gasteiger partial charge >= 0.3 is 6.09 Å². The number of hydrogen-bond donors (Lipinski definition) is 1. The Bertz CT molecular complexity index is 1080. The number of benzene rings is 1. The molecular formula is C23H27N5O3. The van der Waals surface area contributed by atoms with E-state index in [1.54, 1.807) is 12.1 Å². The molecule has 1 aliphatic rings. The molecule has 1 aromatic carbocycles. The van der Waals surface area contributed by atoms with Crippen molar-refractivity contribution in [2.45, 2.75) is 51.8 Å². The molecule has 0 bridgehead atoms. The monoisotopic (exact) mass is 421 g/mol. The van der Waals surface area contributed by atoms with Crippen LogP contribution >= 0.6 is 0 Å². The molecule has 4 rings (SSSR count). The lowest BCUT2D eigenvalue weighted by atomic mass is 10.1. The first kappa shape index (κ1) is 20.8. The summed E-state index contributed by atoms with van der Waals surface area (Å²) in [5.41, 5.74) is 1.74. The van der Waals surface area contributed by atoms with Crippen molar-refractivity contribution >= 4 is 17.6 Å². The Kier molecular flexibility index (Phi) is 5.63. The molecule has 0 spiro atoms. The van der Waals surface area contributed by atoms with Gasteiger partial charge in [-0.2, -0.15) is 0 Å². The quantitative estimate of drug-likeness (QED) is 0.693. The third-order valence-electron chi connectivity index (χ3n) is 5.19. The van der Waals surface area contributed by atoms with Crippen molar-refractivity contribution < 1.29 is 14.3 Å². The Morgan fingerprint density at radius 1 is 1.13 bits per heavy atom. The van der Waals surface area contributed by atoms with Crippen LogP contribution in [0, 0.1) is 0 Å². The van der Waals surface area contributed by atoms with Crippen molar-refractivity contribution in [1.82, 2.24) is 24.8 Å². The lowest BCUT2D eigenvalue weighted by Crippen LogP contribution is -2.32. The first-order chi connectivity index (χ1) is 14.8. The summed E-state index contributed by atoms with van der Waals surface area (Å²) in [7, 11) is 0. The maximum atomic E-state index is 13.2. The lowest BCUT2D eigenvalue weighted by molar-refractivity contribution is 0.0523. The molecule has 0 aliphatic carbocycles. The van der Waals surface area contributed by atoms with Crippen molar-refractivity contribution in [3.63, 3.8) is 0 Å². The molecule has 1 unspecified atom stereocenters. The molecule has 0 radical (unpaired) electrons. The van der Waals surface area contributed by atoms with Crippen molar-refractivity contribution in [3.05, 3.63) is 65.6 Å². The van der Waals surface area contributed by atoms with E-state index in [1.807, 2.05) is 66.6 Å². The fourth-order valence-electron chi connectivity index (χ4n) is 3.78. The largest absolute Gasteiger partial charge is 0.444 e. The molecule has 3 heterocycles. The van der Waals surface area contributed by atoms with Crippen LogP contribution in [0.2, 0.25) is 0 Å². The van der Waals surface area contributed by atoms with Crippen LogP contribution in [0.5, 0.6) is 0 Å². The number of carbonyl (C=O) groups is 2. The number of amides is 2. The highest BCUT2D eigenvalue weighted by Crippen LogP contribution is 2.32. The maximum absolute atomic E-state index is 13.2. The number of alkyl carbamates (subject to hydrolysis) is 1. The van der Waals surface area contributed by atoms with Crippen molar-refractivity contribution in [3.8, 4) is 0 Å². The van der Waals surface area contributed by atoms with Crippen LogP contribution < -0.4 is 5.32 Å². The zero-order valence-corrected chi connectivity index (χ0v) is 18.0. The standard InChI is InChI=1S/C23H27N5O3/c1-23(2,3)31-22(30)24-15-16-9-11-17(12-10-16)21(29)27-14-6-7-18(27)20-26-25-19-8-4-5-13-28(19)20/h4-5,8-13,18H,6-7,14-15H2,1-3H3,(H,24,30). The van der Waals surface area contributed by atoms with Crippen molar-refractivity contribution in [2.75, 3.05) is 6.54 Å². The van der Waals surface area contributed by atoms with Crippen LogP contribution in [0.1, 0.15) is 61.4 Å². The van der Waals surface area contributed by atoms with Gasteiger partial charge in [0.05, 0.1) is 6.04 Å². The molecule has 1 fully saturated rings. The molecule has 1 N–H and O–H groups in total. The number of aromatic nitrogens is 3. The normalized spacial score (nSPS) is 16.5. The predicted octanol–water partition coefficient (Wildman–Crippen LogP) is 3.73. The average molecular weight is 422 g/mol. The topological polar surface area (TPSA) is 88.8 Å². The Morgan fingerprint density at radius 2 is 1.90 bits per heavy atom. The Morgan fingerprint density at radius 3 is 2.65 bits per heavy atom. The second-order valence-electron chi connectivity index (χ2n) is 8.70. The van der Waals surface area contributed by atoms with Crippen LogP contribution in [0.25, 0.3) is 5.65 Å². The van der Waals surface area contributed by atoms with Gasteiger partial charge in [0.25, 0.3) is 5.91 Å². The Hall–Kier alpha value is -3.42. The molecule has 2 amide bonds. The van der Waals surface area contributed by atoms with Gasteiger partial charge in [-0.25, -0.2) is 4.79 Å². The first-order valence-electron chi connectivity index (χ1n) is 10.5. The molecule has 1 atom stereocenters. The second-order valence-corrected chi connectivity index (χ2v) is 8.70. The minimum atomic E-state index is -0.539. The first-order valence-corrected chi connectivity index (χ1v) is 10.5. The second kappa shape index (κ2) is 8.37. The SMILES string of the molecule is CC(C)(C)OC(=O)NCc1ccc(C(=O)N2CCCC2c2nnc3ccccn23)cc1. The highest BCUT2D eigenvalue weighted by atomic mass is 16.6. The summed E-state index contributed by atoms with van der Waals surface area (Å²) in [6.45, 7) is 6.48. The van der Waals surface area contributed by atoms with Gasteiger partial charge in [0.1, 0.15) is 5.60 Å². The fourth-order valence-corrected chi connectivity index (χ4v) is 3.78. The summed E-state index contributed by atoms with van der Waals surface area (Å²) in [6.07, 6.45) is 3.25. The number of fused-ring (bicyclic) bond motifs is 1. The van der Waals surface area contributed by atoms with Gasteiger partial charge in [-0.3, -0.25) is 9.20 Å². The van der Waals surface area contributed by atoms with Crippen LogP contribution in [0.15, 0.2) is 48.7 Å². The molecular weight excluding hydrogens is 394 g/mol. The molecule has 162 valence electrons. The van der Waals surface area contributed by atoms with Crippen molar-refractivity contribution in [2.24, 2.45) is 0 Å². The number of nitrogens with zero attached hydrogens (tertiary/aromatic N) is 4. The molecule has 1 saturated heterocycles. The number of pyridine rings is 1. The number of likely N-dealkylation sites (tertiary alicyclic amines) is 1. The highest BCUT2D eigenvalue weighted by Gasteiger charge is 2.33. The van der Waals surface area contributed by atoms with Crippen LogP contribution in [-0.4, -0.2) is 43.6 Å². The minimum Gasteiger partial charge on any atom is -0.444 e. The van der Waals surface area contributed by atoms with Crippen LogP contribution in [0.4, 0.5) is 4.79 Å². The summed E-state index contributed by atoms with van der Waals surface area (Å²) in [5, 5.41) is 11.3. The summed E-state index contributed by atoms with van der Waals surface area (Å²) < 4.78 is 7.19. The summed E-state index contributed by atoms with van der Waals surface area (Å²) in [4.78, 5) is 26.9. The average Bonchev–Trinajstić information content (AvgIpc) is 3.37. The summed E-state index contributed by atoms with van der Waals surface area (Å²) >= 11 is 0. The smallest absolute Gasteiger partial charge is 0.407 e. The molecule has 31 heavy (non-hydrogen) atoms. The zero-order chi connectivity index (χ0) is 22.0. The van der Waals surface area contributed by atoms with Gasteiger partial charge in [-0.15, -0.1) is 10.2 Å². The van der Waals surface area contributed by atoms with E-state index >= 15 is 0 Å². The third-order valence-corrected chi connectivity index (χ3v) is 5.19. The van der Waals surface area contributed by atoms with Gasteiger partial charge < -0.3 is 15.0 Å². The molecule has 3 aromatic rings. The van der Waals surface area contributed by atoms with E-state index in [9.17, 15) is 9.59 Å². The fraction of sp³-hybridized carbons (Fsp3) is 0.391. The molecule has 1 aliphatic heterocycles. The van der Waals surface area contributed by atoms with E-state index in [1.165, 1.54) is 0 Å². The number of rotatable bonds is 4. The van der Waals surface area contributed by atoms with E-state index in [4.69, 9.17) is 4.74 Å². The minimum absolute atomic E-state index is 0.0261. The molecule has 0 saturated carbocycles. The molecule has 2 aromatic heterocycles. The van der Waals surface area contributed by atoms with Crippen LogP contribution in [-0.2, 0) is 11.3 Å². The van der Waals surface area contributed by atoms with Gasteiger partial charge in [0.2, 0.25) is 0 Å². The van der Waals surface area contributed by atoms with E-state index < -0.39 is 11.7 Å². The highest BCUT2D eigenvalue weighted by molar-refractivity contribution is 5.94. The van der Waals surface area contributed by atoms with Gasteiger partial charge in [0.15, 0.2) is 11.5 Å². The lowest BCUT2D eigenvalue weighted by Gasteiger charge is -2.23. The number of carbonyl (C=O) groups excluding carboxylic acids is 2. The zero-order valence-electron chi connectivity index (χ0n) is 18.0. The van der Waals surface area contributed by atoms with Crippen LogP contribution in [0.3, 0.4) is 0 Å². The maximum Gasteiger partial charge on any atom is 0.407 e. The predicted molar refractivity (Wildman–Crippen MR) is 116 cm³/mol. The van der Waals surface area contributed by atoms with Gasteiger partial charge in [-0.1, -0.05) is 18.2 Å².